The molecule has 2 N–H and O–H groups in total. The highest BCUT2D eigenvalue weighted by molar-refractivity contribution is 5.90. The van der Waals surface area contributed by atoms with Crippen LogP contribution < -0.4 is 10.5 Å². The van der Waals surface area contributed by atoms with Gasteiger partial charge in [0.05, 0.1) is 6.04 Å². The summed E-state index contributed by atoms with van der Waals surface area (Å²) >= 11 is 0. The smallest absolute Gasteiger partial charge is 0.410 e. The van der Waals surface area contributed by atoms with Crippen LogP contribution in [0.3, 0.4) is 0 Å². The Labute approximate surface area is 180 Å². The molecule has 2 aliphatic rings. The number of carbonyl (C=O) groups excluding carboxylic acids is 1. The Morgan fingerprint density at radius 1 is 1.32 bits per heavy atom. The van der Waals surface area contributed by atoms with E-state index in [0.29, 0.717) is 23.7 Å². The van der Waals surface area contributed by atoms with E-state index in [9.17, 15) is 18.0 Å². The molecule has 1 aliphatic heterocycles. The van der Waals surface area contributed by atoms with Gasteiger partial charge in [0.1, 0.15) is 22.9 Å². The molecule has 1 aromatic rings. The van der Waals surface area contributed by atoms with Crippen molar-refractivity contribution in [2.45, 2.75) is 83.7 Å². The molecule has 0 spiro atoms. The standard InChI is InChI=1S/C22H30F3N3O3/c1-13-19(26)27-16-12-15-14(11-18(16)30-13)7-5-8-17(15)28(10-6-9-22(23,24)25)20(29)31-21(2,3)4/h11-13,17H,5-10H2,1-4H3,(H2,26,27)/t13-,17+/m1/s1. The van der Waals surface area contributed by atoms with Crippen LogP contribution in [0.2, 0.25) is 0 Å². The van der Waals surface area contributed by atoms with Crippen molar-refractivity contribution < 1.29 is 27.4 Å². The summed E-state index contributed by atoms with van der Waals surface area (Å²) in [6.07, 6.45) is -4.13. The third-order valence-electron chi connectivity index (χ3n) is 5.34. The van der Waals surface area contributed by atoms with E-state index in [1.54, 1.807) is 20.8 Å². The van der Waals surface area contributed by atoms with Crippen LogP contribution in [0.5, 0.6) is 5.75 Å². The zero-order valence-electron chi connectivity index (χ0n) is 18.4. The molecule has 6 nitrogen and oxygen atoms in total. The Hall–Kier alpha value is -2.45. The number of hydrogen-bond donors (Lipinski definition) is 1. The third kappa shape index (κ3) is 5.83. The molecule has 1 heterocycles. The summed E-state index contributed by atoms with van der Waals surface area (Å²) in [6.45, 7) is 6.98. The van der Waals surface area contributed by atoms with Crippen LogP contribution in [0.1, 0.15) is 70.5 Å². The van der Waals surface area contributed by atoms with Crippen LogP contribution in [0.4, 0.5) is 23.7 Å². The van der Waals surface area contributed by atoms with E-state index < -0.39 is 30.3 Å². The van der Waals surface area contributed by atoms with E-state index in [1.165, 1.54) is 4.90 Å². The highest BCUT2D eigenvalue weighted by atomic mass is 19.4. The van der Waals surface area contributed by atoms with Crippen LogP contribution in [0.15, 0.2) is 17.1 Å². The SMILES string of the molecule is C[C@H]1Oc2cc3c(cc2N=C1N)[C@@H](N(CCCC(F)(F)F)C(=O)OC(C)(C)C)CCC3. The number of aryl methyl sites for hydroxylation is 1. The summed E-state index contributed by atoms with van der Waals surface area (Å²) in [4.78, 5) is 18.8. The lowest BCUT2D eigenvalue weighted by Crippen LogP contribution is -2.41. The number of benzene rings is 1. The van der Waals surface area contributed by atoms with Crippen molar-refractivity contribution in [1.82, 2.24) is 4.90 Å². The van der Waals surface area contributed by atoms with Crippen LogP contribution in [-0.2, 0) is 11.2 Å². The number of amidine groups is 1. The Morgan fingerprint density at radius 3 is 2.68 bits per heavy atom. The van der Waals surface area contributed by atoms with Gasteiger partial charge in [0.25, 0.3) is 0 Å². The Kier molecular flexibility index (Phi) is 6.43. The molecule has 1 amide bonds. The fourth-order valence-corrected chi connectivity index (χ4v) is 3.93. The average Bonchev–Trinajstić information content (AvgIpc) is 2.62. The van der Waals surface area contributed by atoms with Gasteiger partial charge in [-0.1, -0.05) is 0 Å². The Balaban J connectivity index is 1.93. The highest BCUT2D eigenvalue weighted by Gasteiger charge is 2.35. The van der Waals surface area contributed by atoms with Crippen molar-refractivity contribution in [3.8, 4) is 5.75 Å². The molecule has 172 valence electrons. The minimum absolute atomic E-state index is 0.0471. The fraction of sp³-hybridized carbons (Fsp3) is 0.636. The Bertz CT molecular complexity index is 862. The van der Waals surface area contributed by atoms with Gasteiger partial charge in [-0.15, -0.1) is 0 Å². The molecule has 0 radical (unpaired) electrons. The number of nitrogens with zero attached hydrogens (tertiary/aromatic N) is 2. The fourth-order valence-electron chi connectivity index (χ4n) is 3.93. The molecule has 1 aromatic carbocycles. The lowest BCUT2D eigenvalue weighted by atomic mass is 9.86. The number of amides is 1. The highest BCUT2D eigenvalue weighted by Crippen LogP contribution is 2.43. The van der Waals surface area contributed by atoms with Crippen molar-refractivity contribution in [3.63, 3.8) is 0 Å². The molecule has 0 aromatic heterocycles. The van der Waals surface area contributed by atoms with Crippen LogP contribution in [0, 0.1) is 0 Å². The molecule has 9 heteroatoms. The molecule has 2 atom stereocenters. The molecule has 0 fully saturated rings. The van der Waals surface area contributed by atoms with E-state index in [2.05, 4.69) is 4.99 Å². The summed E-state index contributed by atoms with van der Waals surface area (Å²) in [5.74, 6) is 0.982. The van der Waals surface area contributed by atoms with Crippen molar-refractivity contribution in [3.05, 3.63) is 23.3 Å². The number of hydrogen-bond acceptors (Lipinski definition) is 5. The topological polar surface area (TPSA) is 77.2 Å². The van der Waals surface area contributed by atoms with Crippen LogP contribution in [-0.4, -0.2) is 41.3 Å². The van der Waals surface area contributed by atoms with Crippen molar-refractivity contribution in [1.29, 1.82) is 0 Å². The molecule has 31 heavy (non-hydrogen) atoms. The summed E-state index contributed by atoms with van der Waals surface area (Å²) in [5.41, 5.74) is 7.60. The monoisotopic (exact) mass is 441 g/mol. The summed E-state index contributed by atoms with van der Waals surface area (Å²) in [5, 5.41) is 0. The van der Waals surface area contributed by atoms with Crippen LogP contribution in [0.25, 0.3) is 0 Å². The van der Waals surface area contributed by atoms with Gasteiger partial charge in [-0.2, -0.15) is 13.2 Å². The van der Waals surface area contributed by atoms with Gasteiger partial charge in [0.15, 0.2) is 6.10 Å². The van der Waals surface area contributed by atoms with E-state index >= 15 is 0 Å². The van der Waals surface area contributed by atoms with E-state index in [4.69, 9.17) is 15.2 Å². The van der Waals surface area contributed by atoms with Gasteiger partial charge in [-0.25, -0.2) is 9.79 Å². The second kappa shape index (κ2) is 8.59. The summed E-state index contributed by atoms with van der Waals surface area (Å²) in [6, 6.07) is 3.36. The molecule has 0 unspecified atom stereocenters. The average molecular weight is 441 g/mol. The number of fused-ring (bicyclic) bond motifs is 2. The first-order valence-electron chi connectivity index (χ1n) is 10.6. The van der Waals surface area contributed by atoms with Gasteiger partial charge >= 0.3 is 12.3 Å². The first kappa shape index (κ1) is 23.2. The van der Waals surface area contributed by atoms with Crippen molar-refractivity contribution in [2.24, 2.45) is 10.7 Å². The molecule has 1 aliphatic carbocycles. The van der Waals surface area contributed by atoms with Crippen LogP contribution >= 0.6 is 0 Å². The molecule has 0 saturated heterocycles. The van der Waals surface area contributed by atoms with Gasteiger partial charge in [0.2, 0.25) is 0 Å². The molecule has 0 saturated carbocycles. The number of ether oxygens (including phenoxy) is 2. The number of halogens is 3. The number of aliphatic imine (C=N–C) groups is 1. The summed E-state index contributed by atoms with van der Waals surface area (Å²) < 4.78 is 49.6. The maximum absolute atomic E-state index is 13.0. The van der Waals surface area contributed by atoms with E-state index in [0.717, 1.165) is 24.0 Å². The lowest BCUT2D eigenvalue weighted by Gasteiger charge is -2.37. The summed E-state index contributed by atoms with van der Waals surface area (Å²) in [7, 11) is 0. The lowest BCUT2D eigenvalue weighted by molar-refractivity contribution is -0.136. The predicted molar refractivity (Wildman–Crippen MR) is 112 cm³/mol. The first-order chi connectivity index (χ1) is 14.3. The first-order valence-corrected chi connectivity index (χ1v) is 10.6. The van der Waals surface area contributed by atoms with E-state index in [-0.39, 0.29) is 19.1 Å². The largest absolute Gasteiger partial charge is 0.481 e. The zero-order valence-corrected chi connectivity index (χ0v) is 18.4. The normalized spacial score (nSPS) is 20.8. The number of rotatable bonds is 4. The van der Waals surface area contributed by atoms with Crippen molar-refractivity contribution >= 4 is 17.6 Å². The maximum Gasteiger partial charge on any atom is 0.410 e. The molecule has 3 rings (SSSR count). The van der Waals surface area contributed by atoms with Gasteiger partial charge < -0.3 is 20.1 Å². The third-order valence-corrected chi connectivity index (χ3v) is 5.34. The Morgan fingerprint density at radius 2 is 2.03 bits per heavy atom. The predicted octanol–water partition coefficient (Wildman–Crippen LogP) is 5.41. The second-order valence-electron chi connectivity index (χ2n) is 9.12. The molecular formula is C22H30F3N3O3. The number of alkyl halides is 3. The molecule has 0 bridgehead atoms. The number of carbonyl (C=O) groups is 1. The zero-order chi connectivity index (χ0) is 23.0. The minimum atomic E-state index is -4.27. The van der Waals surface area contributed by atoms with Crippen molar-refractivity contribution in [2.75, 3.05) is 6.54 Å². The second-order valence-corrected chi connectivity index (χ2v) is 9.12. The quantitative estimate of drug-likeness (QED) is 0.677. The molecular weight excluding hydrogens is 411 g/mol. The van der Waals surface area contributed by atoms with Gasteiger partial charge in [-0.05, 0) is 76.6 Å². The van der Waals surface area contributed by atoms with Gasteiger partial charge in [0, 0.05) is 13.0 Å². The minimum Gasteiger partial charge on any atom is -0.481 e. The maximum atomic E-state index is 13.0. The number of nitrogens with two attached hydrogens (primary N) is 1. The van der Waals surface area contributed by atoms with Gasteiger partial charge in [-0.3, -0.25) is 0 Å². The van der Waals surface area contributed by atoms with E-state index in [1.807, 2.05) is 19.1 Å².